The van der Waals surface area contributed by atoms with Gasteiger partial charge in [0.15, 0.2) is 5.11 Å². The molecule has 0 atom stereocenters. The fourth-order valence-electron chi connectivity index (χ4n) is 2.31. The first-order chi connectivity index (χ1) is 13.9. The third kappa shape index (κ3) is 8.74. The van der Waals surface area contributed by atoms with Crippen molar-refractivity contribution in [3.8, 4) is 5.75 Å². The van der Waals surface area contributed by atoms with Crippen molar-refractivity contribution in [2.75, 3.05) is 18.5 Å². The van der Waals surface area contributed by atoms with Gasteiger partial charge in [0.25, 0.3) is 0 Å². The zero-order valence-electron chi connectivity index (χ0n) is 16.6. The number of anilines is 1. The lowest BCUT2D eigenvalue weighted by Gasteiger charge is -2.11. The van der Waals surface area contributed by atoms with Gasteiger partial charge in [0, 0.05) is 12.1 Å². The van der Waals surface area contributed by atoms with Crippen molar-refractivity contribution in [3.63, 3.8) is 0 Å². The first-order valence-electron chi connectivity index (χ1n) is 9.50. The van der Waals surface area contributed by atoms with Gasteiger partial charge in [-0.15, -0.1) is 0 Å². The van der Waals surface area contributed by atoms with Crippen LogP contribution in [0.3, 0.4) is 0 Å². The minimum absolute atomic E-state index is 0.187. The summed E-state index contributed by atoms with van der Waals surface area (Å²) >= 11 is 5.16. The molecule has 0 bridgehead atoms. The van der Waals surface area contributed by atoms with Crippen LogP contribution in [0.25, 0.3) is 0 Å². The normalized spacial score (nSPS) is 10.3. The molecule has 1 amide bonds. The molecule has 0 aromatic heterocycles. The molecule has 7 heteroatoms. The van der Waals surface area contributed by atoms with E-state index in [0.29, 0.717) is 37.3 Å². The Morgan fingerprint density at radius 2 is 1.72 bits per heavy atom. The highest BCUT2D eigenvalue weighted by atomic mass is 32.1. The summed E-state index contributed by atoms with van der Waals surface area (Å²) in [6.07, 6.45) is 0.881. The number of carbonyl (C=O) groups excluding carboxylic acids is 2. The van der Waals surface area contributed by atoms with Crippen LogP contribution in [0.1, 0.15) is 37.0 Å². The third-order valence-corrected chi connectivity index (χ3v) is 3.94. The predicted octanol–water partition coefficient (Wildman–Crippen LogP) is 4.17. The molecule has 0 saturated carbocycles. The Bertz CT molecular complexity index is 807. The Kier molecular flexibility index (Phi) is 9.11. The fourth-order valence-corrected chi connectivity index (χ4v) is 2.54. The fraction of sp³-hybridized carbons (Fsp3) is 0.318. The van der Waals surface area contributed by atoms with E-state index in [1.54, 1.807) is 24.3 Å². The summed E-state index contributed by atoms with van der Waals surface area (Å²) in [5.41, 5.74) is 1.13. The molecule has 0 unspecified atom stereocenters. The molecule has 0 aliphatic heterocycles. The first-order valence-corrected chi connectivity index (χ1v) is 9.90. The topological polar surface area (TPSA) is 76.7 Å². The summed E-state index contributed by atoms with van der Waals surface area (Å²) in [5.74, 6) is 0.513. The van der Waals surface area contributed by atoms with E-state index in [1.165, 1.54) is 0 Å². The molecule has 2 aromatic carbocycles. The van der Waals surface area contributed by atoms with Crippen LogP contribution in [0, 0.1) is 5.92 Å². The molecule has 0 spiro atoms. The number of benzene rings is 2. The molecule has 2 rings (SSSR count). The third-order valence-electron chi connectivity index (χ3n) is 3.74. The molecule has 0 saturated heterocycles. The van der Waals surface area contributed by atoms with Crippen molar-refractivity contribution in [2.24, 2.45) is 5.92 Å². The summed E-state index contributed by atoms with van der Waals surface area (Å²) in [7, 11) is 0. The van der Waals surface area contributed by atoms with Crippen LogP contribution in [-0.2, 0) is 9.53 Å². The number of esters is 1. The van der Waals surface area contributed by atoms with Gasteiger partial charge in [-0.2, -0.15) is 0 Å². The van der Waals surface area contributed by atoms with Crippen LogP contribution >= 0.6 is 12.2 Å². The van der Waals surface area contributed by atoms with Crippen molar-refractivity contribution in [1.82, 2.24) is 5.32 Å². The van der Waals surface area contributed by atoms with E-state index in [0.717, 1.165) is 5.75 Å². The van der Waals surface area contributed by atoms with Gasteiger partial charge in [0.2, 0.25) is 5.91 Å². The van der Waals surface area contributed by atoms with E-state index in [4.69, 9.17) is 21.7 Å². The molecular weight excluding hydrogens is 388 g/mol. The van der Waals surface area contributed by atoms with E-state index in [1.807, 2.05) is 44.2 Å². The van der Waals surface area contributed by atoms with E-state index in [2.05, 4.69) is 10.6 Å². The average Bonchev–Trinajstić information content (AvgIpc) is 2.70. The number of rotatable bonds is 9. The van der Waals surface area contributed by atoms with Crippen LogP contribution < -0.4 is 15.4 Å². The summed E-state index contributed by atoms with van der Waals surface area (Å²) in [5, 5.41) is 5.76. The maximum atomic E-state index is 12.0. The molecule has 0 heterocycles. The number of nitrogens with one attached hydrogen (secondary N) is 2. The van der Waals surface area contributed by atoms with Crippen molar-refractivity contribution in [1.29, 1.82) is 0 Å². The lowest BCUT2D eigenvalue weighted by molar-refractivity contribution is -0.119. The first kappa shape index (κ1) is 22.4. The Hall–Kier alpha value is -2.93. The van der Waals surface area contributed by atoms with Crippen molar-refractivity contribution in [3.05, 3.63) is 60.2 Å². The zero-order valence-corrected chi connectivity index (χ0v) is 17.5. The molecule has 6 nitrogen and oxygen atoms in total. The highest BCUT2D eigenvalue weighted by Gasteiger charge is 2.09. The van der Waals surface area contributed by atoms with Gasteiger partial charge in [-0.1, -0.05) is 32.0 Å². The SMILES string of the molecule is CC(C)COC(=O)c1ccc(NC(=S)NC(=O)CCCOc2ccccc2)cc1. The number of hydrogen-bond donors (Lipinski definition) is 2. The van der Waals surface area contributed by atoms with Crippen LogP contribution in [0.2, 0.25) is 0 Å². The Morgan fingerprint density at radius 3 is 2.38 bits per heavy atom. The lowest BCUT2D eigenvalue weighted by atomic mass is 10.2. The molecular formula is C22H26N2O4S. The van der Waals surface area contributed by atoms with Gasteiger partial charge in [-0.25, -0.2) is 4.79 Å². The van der Waals surface area contributed by atoms with Crippen molar-refractivity contribution in [2.45, 2.75) is 26.7 Å². The minimum Gasteiger partial charge on any atom is -0.494 e. The van der Waals surface area contributed by atoms with E-state index in [9.17, 15) is 9.59 Å². The number of carbonyl (C=O) groups is 2. The second-order valence-electron chi connectivity index (χ2n) is 6.84. The Labute approximate surface area is 176 Å². The average molecular weight is 415 g/mol. The minimum atomic E-state index is -0.362. The summed E-state index contributed by atoms with van der Waals surface area (Å²) < 4.78 is 10.7. The van der Waals surface area contributed by atoms with Crippen LogP contribution in [0.15, 0.2) is 54.6 Å². The highest BCUT2D eigenvalue weighted by Crippen LogP contribution is 2.11. The van der Waals surface area contributed by atoms with Gasteiger partial charge in [-0.3, -0.25) is 4.79 Å². The van der Waals surface area contributed by atoms with Crippen LogP contribution in [0.4, 0.5) is 5.69 Å². The van der Waals surface area contributed by atoms with E-state index < -0.39 is 0 Å². The highest BCUT2D eigenvalue weighted by molar-refractivity contribution is 7.80. The molecule has 0 aliphatic carbocycles. The van der Waals surface area contributed by atoms with Crippen LogP contribution in [0.5, 0.6) is 5.75 Å². The molecule has 0 fully saturated rings. The van der Waals surface area contributed by atoms with Crippen molar-refractivity contribution < 1.29 is 19.1 Å². The largest absolute Gasteiger partial charge is 0.494 e. The van der Waals surface area contributed by atoms with Gasteiger partial charge in [-0.05, 0) is 61.0 Å². The number of amides is 1. The molecule has 2 N–H and O–H groups in total. The van der Waals surface area contributed by atoms with Crippen LogP contribution in [-0.4, -0.2) is 30.2 Å². The maximum absolute atomic E-state index is 12.0. The Balaban J connectivity index is 1.68. The quantitative estimate of drug-likeness (QED) is 0.364. The zero-order chi connectivity index (χ0) is 21.1. The monoisotopic (exact) mass is 414 g/mol. The molecule has 154 valence electrons. The lowest BCUT2D eigenvalue weighted by Crippen LogP contribution is -2.34. The number of ether oxygens (including phenoxy) is 2. The molecule has 2 aromatic rings. The van der Waals surface area contributed by atoms with E-state index in [-0.39, 0.29) is 22.9 Å². The van der Waals surface area contributed by atoms with Gasteiger partial charge in [0.05, 0.1) is 18.8 Å². The summed E-state index contributed by atoms with van der Waals surface area (Å²) in [6.45, 7) is 4.79. The maximum Gasteiger partial charge on any atom is 0.338 e. The summed E-state index contributed by atoms with van der Waals surface area (Å²) in [6, 6.07) is 16.2. The number of hydrogen-bond acceptors (Lipinski definition) is 5. The number of para-hydroxylation sites is 1. The predicted molar refractivity (Wildman–Crippen MR) is 117 cm³/mol. The number of thiocarbonyl (C=S) groups is 1. The van der Waals surface area contributed by atoms with Gasteiger partial charge >= 0.3 is 5.97 Å². The van der Waals surface area contributed by atoms with Gasteiger partial charge < -0.3 is 20.1 Å². The molecule has 0 aliphatic rings. The van der Waals surface area contributed by atoms with Gasteiger partial charge in [0.1, 0.15) is 5.75 Å². The molecule has 29 heavy (non-hydrogen) atoms. The smallest absolute Gasteiger partial charge is 0.338 e. The van der Waals surface area contributed by atoms with E-state index >= 15 is 0 Å². The van der Waals surface area contributed by atoms with Crippen molar-refractivity contribution >= 4 is 34.9 Å². The Morgan fingerprint density at radius 1 is 1.03 bits per heavy atom. The second kappa shape index (κ2) is 11.8. The summed E-state index contributed by atoms with van der Waals surface area (Å²) in [4.78, 5) is 23.9. The standard InChI is InChI=1S/C22H26N2O4S/c1-16(2)15-28-21(26)17-10-12-18(13-11-17)23-22(29)24-20(25)9-6-14-27-19-7-4-3-5-8-19/h3-5,7-8,10-13,16H,6,9,14-15H2,1-2H3,(H2,23,24,25,29). The second-order valence-corrected chi connectivity index (χ2v) is 7.25. The molecule has 0 radical (unpaired) electrons.